The molecular weight excluding hydrogens is 376 g/mol. The van der Waals surface area contributed by atoms with E-state index in [0.717, 1.165) is 16.4 Å². The predicted octanol–water partition coefficient (Wildman–Crippen LogP) is 2.78. The van der Waals surface area contributed by atoms with E-state index in [1.54, 1.807) is 41.0 Å². The van der Waals surface area contributed by atoms with Crippen LogP contribution < -0.4 is 4.90 Å². The number of sulfonamides is 1. The molecule has 6 nitrogen and oxygen atoms in total. The minimum atomic E-state index is -3.47. The molecule has 0 atom stereocenters. The first-order valence-corrected chi connectivity index (χ1v) is 11.0. The van der Waals surface area contributed by atoms with Crippen molar-refractivity contribution >= 4 is 37.8 Å². The Bertz CT molecular complexity index is 931. The quantitative estimate of drug-likeness (QED) is 0.683. The van der Waals surface area contributed by atoms with Gasteiger partial charge in [-0.05, 0) is 23.6 Å². The number of aromatic nitrogens is 2. The lowest BCUT2D eigenvalue weighted by atomic mass is 10.3. The third-order valence-corrected chi connectivity index (χ3v) is 7.56. The molecule has 1 aliphatic rings. The average molecular weight is 393 g/mol. The third-order valence-electron chi connectivity index (χ3n) is 4.09. The topological polar surface area (TPSA) is 66.4 Å². The summed E-state index contributed by atoms with van der Waals surface area (Å²) in [5, 5.41) is 7.11. The monoisotopic (exact) mass is 392 g/mol. The lowest BCUT2D eigenvalue weighted by molar-refractivity contribution is 0.384. The Morgan fingerprint density at radius 3 is 2.60 bits per heavy atom. The first-order chi connectivity index (χ1) is 12.1. The zero-order valence-electron chi connectivity index (χ0n) is 13.3. The Hall–Kier alpha value is -1.81. The molecule has 1 aliphatic heterocycles. The van der Waals surface area contributed by atoms with Gasteiger partial charge < -0.3 is 4.90 Å². The molecule has 0 spiro atoms. The Balaban J connectivity index is 1.45. The number of hydrogen-bond donors (Lipinski definition) is 0. The highest BCUT2D eigenvalue weighted by molar-refractivity contribution is 7.89. The second kappa shape index (κ2) is 6.83. The summed E-state index contributed by atoms with van der Waals surface area (Å²) >= 11 is 3.25. The molecule has 0 saturated carbocycles. The molecule has 9 heteroatoms. The first kappa shape index (κ1) is 16.6. The number of thiazole rings is 1. The van der Waals surface area contributed by atoms with Crippen molar-refractivity contribution in [3.8, 4) is 11.3 Å². The zero-order chi connectivity index (χ0) is 17.3. The summed E-state index contributed by atoms with van der Waals surface area (Å²) in [7, 11) is -3.47. The Morgan fingerprint density at radius 1 is 1.08 bits per heavy atom. The fourth-order valence-corrected chi connectivity index (χ4v) is 5.65. The molecule has 1 fully saturated rings. The van der Waals surface area contributed by atoms with Crippen LogP contribution in [0.5, 0.6) is 0 Å². The molecule has 130 valence electrons. The summed E-state index contributed by atoms with van der Waals surface area (Å²) in [5.74, 6) is 0. The third kappa shape index (κ3) is 3.32. The standard InChI is InChI=1S/C16H16N4O2S3/c21-25(22,14-2-1-4-17-10-14)20-7-5-19(6-8-20)16-18-15(12-24-16)13-3-9-23-11-13/h1-4,9-12H,5-8H2. The van der Waals surface area contributed by atoms with Crippen LogP contribution in [0.1, 0.15) is 0 Å². The Morgan fingerprint density at radius 2 is 1.92 bits per heavy atom. The van der Waals surface area contributed by atoms with Gasteiger partial charge in [0, 0.05) is 54.9 Å². The molecule has 3 aromatic heterocycles. The average Bonchev–Trinajstić information content (AvgIpc) is 3.34. The van der Waals surface area contributed by atoms with Crippen molar-refractivity contribution in [2.24, 2.45) is 0 Å². The second-order valence-electron chi connectivity index (χ2n) is 5.61. The number of pyridine rings is 1. The molecule has 0 unspecified atom stereocenters. The lowest BCUT2D eigenvalue weighted by Gasteiger charge is -2.33. The van der Waals surface area contributed by atoms with Gasteiger partial charge in [0.1, 0.15) is 4.90 Å². The van der Waals surface area contributed by atoms with Gasteiger partial charge in [0.15, 0.2) is 5.13 Å². The van der Waals surface area contributed by atoms with E-state index in [1.165, 1.54) is 10.5 Å². The largest absolute Gasteiger partial charge is 0.345 e. The van der Waals surface area contributed by atoms with Gasteiger partial charge in [-0.1, -0.05) is 0 Å². The van der Waals surface area contributed by atoms with Crippen LogP contribution in [0.25, 0.3) is 11.3 Å². The van der Waals surface area contributed by atoms with E-state index in [4.69, 9.17) is 4.98 Å². The van der Waals surface area contributed by atoms with Crippen LogP contribution >= 0.6 is 22.7 Å². The molecule has 4 heterocycles. The van der Waals surface area contributed by atoms with Crippen molar-refractivity contribution in [3.63, 3.8) is 0 Å². The maximum atomic E-state index is 12.6. The van der Waals surface area contributed by atoms with Crippen molar-refractivity contribution in [3.05, 3.63) is 46.7 Å². The molecule has 0 aliphatic carbocycles. The van der Waals surface area contributed by atoms with Gasteiger partial charge in [0.05, 0.1) is 5.69 Å². The lowest BCUT2D eigenvalue weighted by Crippen LogP contribution is -2.48. The fourth-order valence-electron chi connectivity index (χ4n) is 2.72. The predicted molar refractivity (Wildman–Crippen MR) is 101 cm³/mol. The number of piperazine rings is 1. The molecular formula is C16H16N4O2S3. The molecule has 0 radical (unpaired) electrons. The highest BCUT2D eigenvalue weighted by Gasteiger charge is 2.29. The summed E-state index contributed by atoms with van der Waals surface area (Å²) < 4.78 is 26.8. The van der Waals surface area contributed by atoms with Crippen molar-refractivity contribution in [2.75, 3.05) is 31.1 Å². The summed E-state index contributed by atoms with van der Waals surface area (Å²) in [4.78, 5) is 11.0. The van der Waals surface area contributed by atoms with Crippen LogP contribution in [-0.4, -0.2) is 48.9 Å². The van der Waals surface area contributed by atoms with E-state index in [2.05, 4.69) is 26.7 Å². The molecule has 25 heavy (non-hydrogen) atoms. The van der Waals surface area contributed by atoms with E-state index in [9.17, 15) is 8.42 Å². The molecule has 1 saturated heterocycles. The minimum absolute atomic E-state index is 0.248. The van der Waals surface area contributed by atoms with Gasteiger partial charge in [0.2, 0.25) is 10.0 Å². The van der Waals surface area contributed by atoms with Gasteiger partial charge in [-0.15, -0.1) is 11.3 Å². The normalized spacial score (nSPS) is 16.2. The van der Waals surface area contributed by atoms with Gasteiger partial charge in [-0.3, -0.25) is 4.98 Å². The van der Waals surface area contributed by atoms with Gasteiger partial charge in [-0.2, -0.15) is 15.6 Å². The van der Waals surface area contributed by atoms with Gasteiger partial charge >= 0.3 is 0 Å². The smallest absolute Gasteiger partial charge is 0.244 e. The minimum Gasteiger partial charge on any atom is -0.345 e. The van der Waals surface area contributed by atoms with Crippen molar-refractivity contribution in [1.29, 1.82) is 0 Å². The van der Waals surface area contributed by atoms with Crippen LogP contribution in [-0.2, 0) is 10.0 Å². The Labute approximate surface area is 154 Å². The van der Waals surface area contributed by atoms with Gasteiger partial charge in [-0.25, -0.2) is 13.4 Å². The zero-order valence-corrected chi connectivity index (χ0v) is 15.7. The first-order valence-electron chi connectivity index (χ1n) is 7.78. The summed E-state index contributed by atoms with van der Waals surface area (Å²) in [6.07, 6.45) is 2.97. The summed E-state index contributed by atoms with van der Waals surface area (Å²) in [6.45, 7) is 2.17. The number of anilines is 1. The number of hydrogen-bond acceptors (Lipinski definition) is 7. The molecule has 0 aromatic carbocycles. The Kier molecular flexibility index (Phi) is 4.55. The van der Waals surface area contributed by atoms with E-state index >= 15 is 0 Å². The van der Waals surface area contributed by atoms with Crippen molar-refractivity contribution in [1.82, 2.24) is 14.3 Å². The SMILES string of the molecule is O=S(=O)(c1cccnc1)N1CCN(c2nc(-c3ccsc3)cs2)CC1. The number of thiophene rings is 1. The maximum absolute atomic E-state index is 12.6. The second-order valence-corrected chi connectivity index (χ2v) is 9.16. The van der Waals surface area contributed by atoms with Crippen molar-refractivity contribution in [2.45, 2.75) is 4.90 Å². The molecule has 0 amide bonds. The van der Waals surface area contributed by atoms with E-state index < -0.39 is 10.0 Å². The molecule has 0 bridgehead atoms. The fraction of sp³-hybridized carbons (Fsp3) is 0.250. The molecule has 0 N–H and O–H groups in total. The van der Waals surface area contributed by atoms with Crippen molar-refractivity contribution < 1.29 is 8.42 Å². The van der Waals surface area contributed by atoms with Crippen LogP contribution in [0.15, 0.2) is 51.6 Å². The molecule has 4 rings (SSSR count). The van der Waals surface area contributed by atoms with Crippen LogP contribution in [0, 0.1) is 0 Å². The summed E-state index contributed by atoms with van der Waals surface area (Å²) in [6, 6.07) is 5.29. The van der Waals surface area contributed by atoms with Crippen LogP contribution in [0.2, 0.25) is 0 Å². The summed E-state index contributed by atoms with van der Waals surface area (Å²) in [5.41, 5.74) is 2.11. The maximum Gasteiger partial charge on any atom is 0.244 e. The van der Waals surface area contributed by atoms with Crippen LogP contribution in [0.3, 0.4) is 0 Å². The van der Waals surface area contributed by atoms with E-state index in [1.807, 2.05) is 5.38 Å². The van der Waals surface area contributed by atoms with Gasteiger partial charge in [0.25, 0.3) is 0 Å². The highest BCUT2D eigenvalue weighted by atomic mass is 32.2. The van der Waals surface area contributed by atoms with Crippen LogP contribution in [0.4, 0.5) is 5.13 Å². The van der Waals surface area contributed by atoms with E-state index in [0.29, 0.717) is 26.2 Å². The number of rotatable bonds is 4. The highest BCUT2D eigenvalue weighted by Crippen LogP contribution is 2.29. The number of nitrogens with zero attached hydrogens (tertiary/aromatic N) is 4. The van der Waals surface area contributed by atoms with E-state index in [-0.39, 0.29) is 4.90 Å². The molecule has 3 aromatic rings.